The number of carbonyl (C=O) groups is 2. The van der Waals surface area contributed by atoms with Gasteiger partial charge >= 0.3 is 5.97 Å². The molecule has 7 heteroatoms. The zero-order valence-electron chi connectivity index (χ0n) is 20.1. The number of fused-ring (bicyclic) bond motifs is 1. The first-order valence-corrected chi connectivity index (χ1v) is 12.0. The molecule has 4 aromatic rings. The Morgan fingerprint density at radius 3 is 2.69 bits per heavy atom. The number of rotatable bonds is 7. The molecule has 5 rings (SSSR count). The molecule has 1 aromatic heterocycles. The van der Waals surface area contributed by atoms with Gasteiger partial charge in [0, 0.05) is 65.8 Å². The molecule has 1 fully saturated rings. The van der Waals surface area contributed by atoms with E-state index in [0.717, 1.165) is 42.7 Å². The first-order chi connectivity index (χ1) is 17.6. The summed E-state index contributed by atoms with van der Waals surface area (Å²) in [5.74, 6) is -0.594. The number of anilines is 2. The normalized spacial score (nSPS) is 15.5. The summed E-state index contributed by atoms with van der Waals surface area (Å²) < 4.78 is 4.71. The van der Waals surface area contributed by atoms with Crippen molar-refractivity contribution in [3.63, 3.8) is 0 Å². The fourth-order valence-corrected chi connectivity index (χ4v) is 4.64. The minimum absolute atomic E-state index is 0.186. The van der Waals surface area contributed by atoms with Gasteiger partial charge in [0.05, 0.1) is 12.7 Å². The number of carbonyl (C=O) groups excluding carboxylic acids is 2. The molecule has 0 spiro atoms. The summed E-state index contributed by atoms with van der Waals surface area (Å²) in [6.07, 6.45) is 4.78. The highest BCUT2D eigenvalue weighted by Gasteiger charge is 2.23. The van der Waals surface area contributed by atoms with Crippen LogP contribution in [0.2, 0.25) is 0 Å². The number of aromatic nitrogens is 1. The fourth-order valence-electron chi connectivity index (χ4n) is 4.64. The van der Waals surface area contributed by atoms with Gasteiger partial charge in [-0.05, 0) is 60.5 Å². The second-order valence-electron chi connectivity index (χ2n) is 8.99. The second kappa shape index (κ2) is 10.6. The highest BCUT2D eigenvalue weighted by atomic mass is 16.5. The summed E-state index contributed by atoms with van der Waals surface area (Å²) in [7, 11) is 1.34. The van der Waals surface area contributed by atoms with E-state index in [1.807, 2.05) is 30.6 Å². The fraction of sp³-hybridized carbons (Fsp3) is 0.207. The molecule has 7 nitrogen and oxygen atoms in total. The van der Waals surface area contributed by atoms with E-state index in [4.69, 9.17) is 4.74 Å². The number of pyridine rings is 1. The highest BCUT2D eigenvalue weighted by molar-refractivity contribution is 6.04. The topological polar surface area (TPSA) is 83.6 Å². The lowest BCUT2D eigenvalue weighted by molar-refractivity contribution is 0.0600. The Labute approximate surface area is 210 Å². The lowest BCUT2D eigenvalue weighted by Gasteiger charge is -2.18. The third kappa shape index (κ3) is 5.37. The molecular weight excluding hydrogens is 452 g/mol. The Morgan fingerprint density at radius 2 is 1.86 bits per heavy atom. The molecule has 0 radical (unpaired) electrons. The first kappa shape index (κ1) is 23.5. The van der Waals surface area contributed by atoms with Crippen molar-refractivity contribution < 1.29 is 14.3 Å². The first-order valence-electron chi connectivity index (χ1n) is 12.0. The number of hydrogen-bond donors (Lipinski definition) is 2. The minimum Gasteiger partial charge on any atom is -0.465 e. The molecule has 3 aromatic carbocycles. The van der Waals surface area contributed by atoms with Crippen molar-refractivity contribution in [3.8, 4) is 0 Å². The number of likely N-dealkylation sites (tertiary alicyclic amines) is 1. The number of ether oxygens (including phenoxy) is 1. The van der Waals surface area contributed by atoms with Crippen molar-refractivity contribution >= 4 is 34.0 Å². The minimum atomic E-state index is -0.408. The standard InChI is InChI=1S/C29H28N4O3/c1-36-29(35)21-8-10-24(11-9-21)32-28(34)22-5-2-4-20(16-22)18-33-15-13-25(19-33)31-27-7-3-6-23-17-30-14-12-26(23)27/h2-12,14,16-17,25,31H,13,15,18-19H2,1H3,(H,32,34). The van der Waals surface area contributed by atoms with Crippen LogP contribution in [0.1, 0.15) is 32.7 Å². The average molecular weight is 481 g/mol. The summed E-state index contributed by atoms with van der Waals surface area (Å²) in [6, 6.07) is 23.0. The largest absolute Gasteiger partial charge is 0.465 e. The van der Waals surface area contributed by atoms with E-state index < -0.39 is 5.97 Å². The van der Waals surface area contributed by atoms with Gasteiger partial charge in [0.25, 0.3) is 5.91 Å². The molecule has 0 aliphatic carbocycles. The van der Waals surface area contributed by atoms with E-state index in [-0.39, 0.29) is 5.91 Å². The molecule has 1 saturated heterocycles. The van der Waals surface area contributed by atoms with Crippen LogP contribution in [-0.4, -0.2) is 48.0 Å². The van der Waals surface area contributed by atoms with Crippen molar-refractivity contribution in [2.45, 2.75) is 19.0 Å². The Hall–Kier alpha value is -4.23. The number of amides is 1. The van der Waals surface area contributed by atoms with Gasteiger partial charge in [0.15, 0.2) is 0 Å². The predicted molar refractivity (Wildman–Crippen MR) is 141 cm³/mol. The number of methoxy groups -OCH3 is 1. The van der Waals surface area contributed by atoms with Gasteiger partial charge < -0.3 is 15.4 Å². The second-order valence-corrected chi connectivity index (χ2v) is 8.99. The average Bonchev–Trinajstić information content (AvgIpc) is 3.35. The van der Waals surface area contributed by atoms with Crippen LogP contribution in [0.15, 0.2) is 85.2 Å². The summed E-state index contributed by atoms with van der Waals surface area (Å²) in [4.78, 5) is 31.0. The third-order valence-corrected chi connectivity index (χ3v) is 6.47. The van der Waals surface area contributed by atoms with Crippen molar-refractivity contribution in [1.29, 1.82) is 0 Å². The lowest BCUT2D eigenvalue weighted by Crippen LogP contribution is -2.26. The smallest absolute Gasteiger partial charge is 0.337 e. The summed E-state index contributed by atoms with van der Waals surface area (Å²) in [6.45, 7) is 2.71. The van der Waals surface area contributed by atoms with Crippen LogP contribution in [0.3, 0.4) is 0 Å². The van der Waals surface area contributed by atoms with Crippen molar-refractivity contribution in [3.05, 3.63) is 102 Å². The maximum atomic E-state index is 12.8. The highest BCUT2D eigenvalue weighted by Crippen LogP contribution is 2.25. The molecule has 1 unspecified atom stereocenters. The number of hydrogen-bond acceptors (Lipinski definition) is 6. The lowest BCUT2D eigenvalue weighted by atomic mass is 10.1. The van der Waals surface area contributed by atoms with E-state index in [9.17, 15) is 9.59 Å². The van der Waals surface area contributed by atoms with E-state index >= 15 is 0 Å². The van der Waals surface area contributed by atoms with Gasteiger partial charge in [-0.25, -0.2) is 4.79 Å². The molecule has 1 aliphatic rings. The molecule has 182 valence electrons. The number of esters is 1. The van der Waals surface area contributed by atoms with Gasteiger partial charge in [-0.15, -0.1) is 0 Å². The monoisotopic (exact) mass is 480 g/mol. The molecule has 1 atom stereocenters. The molecule has 1 aliphatic heterocycles. The van der Waals surface area contributed by atoms with Crippen molar-refractivity contribution in [2.75, 3.05) is 30.8 Å². The Kier molecular flexibility index (Phi) is 6.91. The molecule has 0 bridgehead atoms. The SMILES string of the molecule is COC(=O)c1ccc(NC(=O)c2cccc(CN3CCC(Nc4cccc5cnccc45)C3)c2)cc1. The number of nitrogens with one attached hydrogen (secondary N) is 2. The van der Waals surface area contributed by atoms with E-state index in [0.29, 0.717) is 22.9 Å². The predicted octanol–water partition coefficient (Wildman–Crippen LogP) is 4.96. The maximum Gasteiger partial charge on any atom is 0.337 e. The number of nitrogens with zero attached hydrogens (tertiary/aromatic N) is 2. The van der Waals surface area contributed by atoms with Crippen LogP contribution in [0.5, 0.6) is 0 Å². The Balaban J connectivity index is 1.19. The maximum absolute atomic E-state index is 12.8. The van der Waals surface area contributed by atoms with E-state index in [1.54, 1.807) is 24.3 Å². The Bertz CT molecular complexity index is 1380. The quantitative estimate of drug-likeness (QED) is 0.364. The van der Waals surface area contributed by atoms with Crippen LogP contribution in [0, 0.1) is 0 Å². The zero-order valence-corrected chi connectivity index (χ0v) is 20.1. The van der Waals surface area contributed by atoms with Gasteiger partial charge in [-0.3, -0.25) is 14.7 Å². The van der Waals surface area contributed by atoms with Gasteiger partial charge in [0.2, 0.25) is 0 Å². The molecule has 36 heavy (non-hydrogen) atoms. The van der Waals surface area contributed by atoms with Gasteiger partial charge in [-0.2, -0.15) is 0 Å². The molecule has 2 N–H and O–H groups in total. The summed E-state index contributed by atoms with van der Waals surface area (Å²) in [5, 5.41) is 8.92. The van der Waals surface area contributed by atoms with E-state index in [2.05, 4.69) is 50.8 Å². The van der Waals surface area contributed by atoms with Crippen LogP contribution in [0.4, 0.5) is 11.4 Å². The van der Waals surface area contributed by atoms with E-state index in [1.165, 1.54) is 12.5 Å². The molecular formula is C29H28N4O3. The molecule has 0 saturated carbocycles. The van der Waals surface area contributed by atoms with Crippen molar-refractivity contribution in [2.24, 2.45) is 0 Å². The third-order valence-electron chi connectivity index (χ3n) is 6.47. The molecule has 1 amide bonds. The van der Waals surface area contributed by atoms with Crippen molar-refractivity contribution in [1.82, 2.24) is 9.88 Å². The van der Waals surface area contributed by atoms with Crippen LogP contribution >= 0.6 is 0 Å². The van der Waals surface area contributed by atoms with Crippen LogP contribution < -0.4 is 10.6 Å². The van der Waals surface area contributed by atoms with Gasteiger partial charge in [-0.1, -0.05) is 24.3 Å². The summed E-state index contributed by atoms with van der Waals surface area (Å²) >= 11 is 0. The Morgan fingerprint density at radius 1 is 1.03 bits per heavy atom. The van der Waals surface area contributed by atoms with Gasteiger partial charge in [0.1, 0.15) is 0 Å². The number of benzene rings is 3. The summed E-state index contributed by atoms with van der Waals surface area (Å²) in [5.41, 5.74) is 3.90. The molecule has 2 heterocycles. The zero-order chi connectivity index (χ0) is 24.9. The van der Waals surface area contributed by atoms with Crippen LogP contribution in [0.25, 0.3) is 10.8 Å². The van der Waals surface area contributed by atoms with Crippen LogP contribution in [-0.2, 0) is 11.3 Å².